The first-order valence-electron chi connectivity index (χ1n) is 8.39. The highest BCUT2D eigenvalue weighted by Gasteiger charge is 2.06. The molecule has 5 nitrogen and oxygen atoms in total. The maximum Gasteiger partial charge on any atom is 0.191 e. The zero-order valence-electron chi connectivity index (χ0n) is 15.0. The van der Waals surface area contributed by atoms with Crippen LogP contribution in [0.25, 0.3) is 0 Å². The molecule has 0 saturated heterocycles. The van der Waals surface area contributed by atoms with E-state index in [1.54, 1.807) is 19.4 Å². The second kappa shape index (κ2) is 9.34. The molecule has 0 saturated carbocycles. The number of benzene rings is 2. The Morgan fingerprint density at radius 1 is 1.25 bits per heavy atom. The SMILES string of the molecule is COc1ccccc1NC(=S)NN=Cc1cccn1Cc1ccc(F)cc1Cl. The summed E-state index contributed by atoms with van der Waals surface area (Å²) in [7, 11) is 1.59. The summed E-state index contributed by atoms with van der Waals surface area (Å²) in [6, 6.07) is 15.6. The predicted molar refractivity (Wildman–Crippen MR) is 115 cm³/mol. The van der Waals surface area contributed by atoms with E-state index >= 15 is 0 Å². The van der Waals surface area contributed by atoms with Gasteiger partial charge in [0.1, 0.15) is 11.6 Å². The van der Waals surface area contributed by atoms with Gasteiger partial charge in [-0.05, 0) is 54.2 Å². The number of anilines is 1. The molecule has 0 amide bonds. The lowest BCUT2D eigenvalue weighted by Crippen LogP contribution is -2.24. The van der Waals surface area contributed by atoms with E-state index in [0.717, 1.165) is 16.9 Å². The molecular weight excluding hydrogens is 399 g/mol. The number of methoxy groups -OCH3 is 1. The third kappa shape index (κ3) is 5.09. The minimum atomic E-state index is -0.358. The van der Waals surface area contributed by atoms with Crippen molar-refractivity contribution in [1.29, 1.82) is 0 Å². The van der Waals surface area contributed by atoms with Gasteiger partial charge in [-0.3, -0.25) is 5.43 Å². The largest absolute Gasteiger partial charge is 0.495 e. The van der Waals surface area contributed by atoms with Crippen molar-refractivity contribution in [3.63, 3.8) is 0 Å². The van der Waals surface area contributed by atoms with Gasteiger partial charge in [-0.1, -0.05) is 29.8 Å². The van der Waals surface area contributed by atoms with Crippen molar-refractivity contribution < 1.29 is 9.13 Å². The summed E-state index contributed by atoms with van der Waals surface area (Å²) in [6.07, 6.45) is 3.54. The molecule has 2 aromatic carbocycles. The second-order valence-corrected chi connectivity index (χ2v) is 6.64. The second-order valence-electron chi connectivity index (χ2n) is 5.82. The summed E-state index contributed by atoms with van der Waals surface area (Å²) < 4.78 is 20.4. The van der Waals surface area contributed by atoms with E-state index in [1.165, 1.54) is 12.1 Å². The molecule has 0 atom stereocenters. The quantitative estimate of drug-likeness (QED) is 0.348. The van der Waals surface area contributed by atoms with Crippen molar-refractivity contribution in [3.05, 3.63) is 82.9 Å². The third-order valence-electron chi connectivity index (χ3n) is 3.94. The molecule has 144 valence electrons. The van der Waals surface area contributed by atoms with Gasteiger partial charge < -0.3 is 14.6 Å². The normalized spacial score (nSPS) is 10.8. The standard InChI is InChI=1S/C20H18ClFN4OS/c1-27-19-7-3-2-6-18(19)24-20(28)25-23-12-16-5-4-10-26(16)13-14-8-9-15(22)11-17(14)21/h2-12H,13H2,1H3,(H2,24,25,28). The van der Waals surface area contributed by atoms with Gasteiger partial charge in [-0.25, -0.2) is 4.39 Å². The fourth-order valence-electron chi connectivity index (χ4n) is 2.58. The Morgan fingerprint density at radius 3 is 2.86 bits per heavy atom. The highest BCUT2D eigenvalue weighted by atomic mass is 35.5. The van der Waals surface area contributed by atoms with Crippen LogP contribution in [0.5, 0.6) is 5.75 Å². The molecule has 0 spiro atoms. The summed E-state index contributed by atoms with van der Waals surface area (Å²) in [5.74, 6) is 0.323. The Labute approximate surface area is 172 Å². The Hall–Kier alpha value is -2.90. The number of para-hydroxylation sites is 2. The number of rotatable bonds is 6. The maximum atomic E-state index is 13.2. The monoisotopic (exact) mass is 416 g/mol. The van der Waals surface area contributed by atoms with Crippen LogP contribution in [0.2, 0.25) is 5.02 Å². The van der Waals surface area contributed by atoms with Gasteiger partial charge in [0.15, 0.2) is 5.11 Å². The molecule has 0 aliphatic carbocycles. The summed E-state index contributed by atoms with van der Waals surface area (Å²) >= 11 is 11.4. The van der Waals surface area contributed by atoms with Crippen molar-refractivity contribution in [2.24, 2.45) is 5.10 Å². The highest BCUT2D eigenvalue weighted by molar-refractivity contribution is 7.80. The first-order chi connectivity index (χ1) is 13.6. The van der Waals surface area contributed by atoms with Crippen LogP contribution < -0.4 is 15.5 Å². The minimum absolute atomic E-state index is 0.334. The third-order valence-corrected chi connectivity index (χ3v) is 4.48. The summed E-state index contributed by atoms with van der Waals surface area (Å²) in [6.45, 7) is 0.497. The van der Waals surface area contributed by atoms with Crippen LogP contribution in [-0.4, -0.2) is 23.0 Å². The van der Waals surface area contributed by atoms with Crippen LogP contribution in [0.4, 0.5) is 10.1 Å². The lowest BCUT2D eigenvalue weighted by atomic mass is 10.2. The number of hydrogen-bond donors (Lipinski definition) is 2. The van der Waals surface area contributed by atoms with Crippen molar-refractivity contribution in [1.82, 2.24) is 9.99 Å². The Morgan fingerprint density at radius 2 is 2.07 bits per heavy atom. The first-order valence-corrected chi connectivity index (χ1v) is 9.17. The molecule has 0 aliphatic rings. The number of nitrogens with one attached hydrogen (secondary N) is 2. The van der Waals surface area contributed by atoms with Gasteiger partial charge in [0.25, 0.3) is 0 Å². The van der Waals surface area contributed by atoms with E-state index in [1.807, 2.05) is 47.2 Å². The molecule has 0 bridgehead atoms. The number of thiocarbonyl (C=S) groups is 1. The van der Waals surface area contributed by atoms with E-state index in [2.05, 4.69) is 15.8 Å². The van der Waals surface area contributed by atoms with Crippen molar-refractivity contribution >= 4 is 40.8 Å². The van der Waals surface area contributed by atoms with Gasteiger partial charge in [0.05, 0.1) is 24.7 Å². The number of ether oxygens (including phenoxy) is 1. The lowest BCUT2D eigenvalue weighted by Gasteiger charge is -2.11. The van der Waals surface area contributed by atoms with E-state index in [4.69, 9.17) is 28.6 Å². The van der Waals surface area contributed by atoms with Crippen molar-refractivity contribution in [2.75, 3.05) is 12.4 Å². The number of aromatic nitrogens is 1. The molecule has 1 heterocycles. The molecule has 8 heteroatoms. The van der Waals surface area contributed by atoms with Gasteiger partial charge in [-0.15, -0.1) is 0 Å². The van der Waals surface area contributed by atoms with Crippen LogP contribution in [0, 0.1) is 5.82 Å². The minimum Gasteiger partial charge on any atom is -0.495 e. The number of hydrazone groups is 1. The number of nitrogens with zero attached hydrogens (tertiary/aromatic N) is 2. The molecule has 0 radical (unpaired) electrons. The Balaban J connectivity index is 1.62. The molecule has 3 aromatic rings. The van der Waals surface area contributed by atoms with Crippen LogP contribution in [0.3, 0.4) is 0 Å². The molecule has 2 N–H and O–H groups in total. The Kier molecular flexibility index (Phi) is 6.62. The lowest BCUT2D eigenvalue weighted by molar-refractivity contribution is 0.417. The molecule has 28 heavy (non-hydrogen) atoms. The van der Waals surface area contributed by atoms with Crippen LogP contribution in [0.1, 0.15) is 11.3 Å². The van der Waals surface area contributed by atoms with Crippen LogP contribution >= 0.6 is 23.8 Å². The molecule has 0 unspecified atom stereocenters. The maximum absolute atomic E-state index is 13.2. The summed E-state index contributed by atoms with van der Waals surface area (Å²) in [5.41, 5.74) is 5.17. The smallest absolute Gasteiger partial charge is 0.191 e. The van der Waals surface area contributed by atoms with Gasteiger partial charge in [-0.2, -0.15) is 5.10 Å². The van der Waals surface area contributed by atoms with Crippen molar-refractivity contribution in [2.45, 2.75) is 6.54 Å². The van der Waals surface area contributed by atoms with Gasteiger partial charge >= 0.3 is 0 Å². The zero-order valence-corrected chi connectivity index (χ0v) is 16.6. The summed E-state index contributed by atoms with van der Waals surface area (Å²) in [5, 5.41) is 7.92. The molecular formula is C20H18ClFN4OS. The fraction of sp³-hybridized carbons (Fsp3) is 0.100. The summed E-state index contributed by atoms with van der Waals surface area (Å²) in [4.78, 5) is 0. The molecule has 3 rings (SSSR count). The zero-order chi connectivity index (χ0) is 19.9. The Bertz CT molecular complexity index is 1010. The van der Waals surface area contributed by atoms with E-state index in [0.29, 0.717) is 22.4 Å². The molecule has 0 fully saturated rings. The van der Waals surface area contributed by atoms with E-state index in [9.17, 15) is 4.39 Å². The van der Waals surface area contributed by atoms with Crippen molar-refractivity contribution in [3.8, 4) is 5.75 Å². The van der Waals surface area contributed by atoms with Gasteiger partial charge in [0, 0.05) is 17.8 Å². The molecule has 0 aliphatic heterocycles. The molecule has 1 aromatic heterocycles. The van der Waals surface area contributed by atoms with Crippen LogP contribution in [0.15, 0.2) is 65.9 Å². The first kappa shape index (κ1) is 19.9. The number of halogens is 2. The average Bonchev–Trinajstić information content (AvgIpc) is 3.11. The van der Waals surface area contributed by atoms with Gasteiger partial charge in [0.2, 0.25) is 0 Å². The topological polar surface area (TPSA) is 50.6 Å². The fourth-order valence-corrected chi connectivity index (χ4v) is 2.97. The van der Waals surface area contributed by atoms with Crippen LogP contribution in [-0.2, 0) is 6.54 Å². The predicted octanol–water partition coefficient (Wildman–Crippen LogP) is 4.66. The number of hydrogen-bond acceptors (Lipinski definition) is 3. The van der Waals surface area contributed by atoms with E-state index < -0.39 is 0 Å². The average molecular weight is 417 g/mol. The highest BCUT2D eigenvalue weighted by Crippen LogP contribution is 2.22. The van der Waals surface area contributed by atoms with E-state index in [-0.39, 0.29) is 5.82 Å².